The monoisotopic (exact) mass is 406 g/mol. The first-order valence-corrected chi connectivity index (χ1v) is 13.5. The highest BCUT2D eigenvalue weighted by atomic mass is 15.4. The third kappa shape index (κ3) is 13.3. The van der Waals surface area contributed by atoms with Crippen LogP contribution < -0.4 is 0 Å². The average molecular weight is 407 g/mol. The largest absolute Gasteiger partial charge is 0.356 e. The Bertz CT molecular complexity index is 366. The molecule has 0 bridgehead atoms. The van der Waals surface area contributed by atoms with Crippen molar-refractivity contribution in [1.82, 2.24) is 9.80 Å². The van der Waals surface area contributed by atoms with Gasteiger partial charge in [0, 0.05) is 25.5 Å². The minimum atomic E-state index is 0.643. The van der Waals surface area contributed by atoms with Crippen molar-refractivity contribution in [3.05, 3.63) is 12.4 Å². The van der Waals surface area contributed by atoms with Crippen LogP contribution in [0.1, 0.15) is 143 Å². The molecule has 0 saturated heterocycles. The molecule has 1 atom stereocenters. The predicted octanol–water partition coefficient (Wildman–Crippen LogP) is 8.87. The van der Waals surface area contributed by atoms with Gasteiger partial charge in [0.05, 0.1) is 0 Å². The molecule has 1 aliphatic rings. The van der Waals surface area contributed by atoms with Gasteiger partial charge in [-0.25, -0.2) is 0 Å². The van der Waals surface area contributed by atoms with Crippen LogP contribution in [0.15, 0.2) is 12.4 Å². The summed E-state index contributed by atoms with van der Waals surface area (Å²) in [5.74, 6) is 0. The third-order valence-corrected chi connectivity index (χ3v) is 6.57. The smallest absolute Gasteiger partial charge is 0.101 e. The molecule has 0 saturated carbocycles. The van der Waals surface area contributed by atoms with Crippen LogP contribution in [-0.2, 0) is 0 Å². The quantitative estimate of drug-likeness (QED) is 0.176. The van der Waals surface area contributed by atoms with Crippen LogP contribution in [0, 0.1) is 0 Å². The topological polar surface area (TPSA) is 6.48 Å². The lowest BCUT2D eigenvalue weighted by Crippen LogP contribution is -2.39. The molecule has 0 spiro atoms. The van der Waals surface area contributed by atoms with E-state index in [9.17, 15) is 0 Å². The fourth-order valence-electron chi connectivity index (χ4n) is 4.58. The van der Waals surface area contributed by atoms with Crippen LogP contribution in [0.5, 0.6) is 0 Å². The van der Waals surface area contributed by atoms with E-state index in [-0.39, 0.29) is 0 Å². The van der Waals surface area contributed by atoms with E-state index in [1.165, 1.54) is 135 Å². The number of rotatable bonds is 21. The summed E-state index contributed by atoms with van der Waals surface area (Å²) in [5.41, 5.74) is 0. The molecule has 29 heavy (non-hydrogen) atoms. The van der Waals surface area contributed by atoms with Crippen molar-refractivity contribution in [2.75, 3.05) is 13.1 Å². The Labute approximate surface area is 184 Å². The van der Waals surface area contributed by atoms with Gasteiger partial charge >= 0.3 is 0 Å². The molecule has 1 heterocycles. The molecule has 2 heteroatoms. The molecular weight excluding hydrogens is 352 g/mol. The zero-order valence-corrected chi connectivity index (χ0v) is 20.5. The molecule has 0 aromatic rings. The Balaban J connectivity index is 2.14. The lowest BCUT2D eigenvalue weighted by molar-refractivity contribution is 0.136. The van der Waals surface area contributed by atoms with Crippen LogP contribution in [0.4, 0.5) is 0 Å². The van der Waals surface area contributed by atoms with Crippen molar-refractivity contribution in [1.29, 1.82) is 0 Å². The summed E-state index contributed by atoms with van der Waals surface area (Å²) in [7, 11) is 0. The first-order chi connectivity index (χ1) is 14.3. The fraction of sp³-hybridized carbons (Fsp3) is 0.926. The van der Waals surface area contributed by atoms with Crippen LogP contribution in [0.3, 0.4) is 0 Å². The molecule has 1 aliphatic heterocycles. The highest BCUT2D eigenvalue weighted by Crippen LogP contribution is 2.23. The zero-order chi connectivity index (χ0) is 21.0. The first kappa shape index (κ1) is 26.4. The van der Waals surface area contributed by atoms with Gasteiger partial charge in [0.15, 0.2) is 0 Å². The van der Waals surface area contributed by atoms with E-state index >= 15 is 0 Å². The second kappa shape index (κ2) is 19.3. The molecule has 0 N–H and O–H groups in total. The van der Waals surface area contributed by atoms with E-state index in [0.29, 0.717) is 6.17 Å². The average Bonchev–Trinajstić information content (AvgIpc) is 3.12. The summed E-state index contributed by atoms with van der Waals surface area (Å²) >= 11 is 0. The van der Waals surface area contributed by atoms with Gasteiger partial charge in [-0.05, 0) is 25.7 Å². The molecule has 0 aliphatic carbocycles. The van der Waals surface area contributed by atoms with Gasteiger partial charge in [0.25, 0.3) is 0 Å². The molecule has 0 fully saturated rings. The third-order valence-electron chi connectivity index (χ3n) is 6.57. The minimum absolute atomic E-state index is 0.643. The lowest BCUT2D eigenvalue weighted by atomic mass is 10.1. The van der Waals surface area contributed by atoms with Crippen molar-refractivity contribution in [3.8, 4) is 0 Å². The van der Waals surface area contributed by atoms with Gasteiger partial charge in [-0.1, -0.05) is 117 Å². The first-order valence-electron chi connectivity index (χ1n) is 13.5. The van der Waals surface area contributed by atoms with Crippen molar-refractivity contribution >= 4 is 0 Å². The molecule has 1 rings (SSSR count). The summed E-state index contributed by atoms with van der Waals surface area (Å²) in [6.07, 6.45) is 32.1. The molecule has 1 unspecified atom stereocenters. The number of nitrogens with zero attached hydrogens (tertiary/aromatic N) is 2. The fourth-order valence-corrected chi connectivity index (χ4v) is 4.58. The van der Waals surface area contributed by atoms with Crippen molar-refractivity contribution < 1.29 is 0 Å². The maximum Gasteiger partial charge on any atom is 0.101 e. The Morgan fingerprint density at radius 2 is 0.793 bits per heavy atom. The normalized spacial score (nSPS) is 16.3. The van der Waals surface area contributed by atoms with Crippen molar-refractivity contribution in [2.24, 2.45) is 0 Å². The van der Waals surface area contributed by atoms with Crippen molar-refractivity contribution in [3.63, 3.8) is 0 Å². The van der Waals surface area contributed by atoms with Gasteiger partial charge in [-0.15, -0.1) is 0 Å². The van der Waals surface area contributed by atoms with Crippen molar-refractivity contribution in [2.45, 2.75) is 149 Å². The van der Waals surface area contributed by atoms with Crippen LogP contribution in [0.2, 0.25) is 0 Å². The molecule has 0 aromatic carbocycles. The summed E-state index contributed by atoms with van der Waals surface area (Å²) in [4.78, 5) is 5.29. The number of unbranched alkanes of at least 4 members (excludes halogenated alkanes) is 15. The number of hydrogen-bond acceptors (Lipinski definition) is 2. The highest BCUT2D eigenvalue weighted by Gasteiger charge is 2.24. The standard InChI is InChI=1S/C27H54N2/c1-4-7-10-12-14-15-16-17-19-21-24-29-26-25-28(27(29)22-9-6-3)23-20-18-13-11-8-5-2/h25-27H,4-24H2,1-3H3. The Morgan fingerprint density at radius 1 is 0.448 bits per heavy atom. The van der Waals surface area contributed by atoms with Gasteiger partial charge in [-0.2, -0.15) is 0 Å². The Kier molecular flexibility index (Phi) is 17.6. The highest BCUT2D eigenvalue weighted by molar-refractivity contribution is 4.96. The summed E-state index contributed by atoms with van der Waals surface area (Å²) < 4.78 is 0. The zero-order valence-electron chi connectivity index (χ0n) is 20.5. The van der Waals surface area contributed by atoms with E-state index in [1.807, 2.05) is 0 Å². The Morgan fingerprint density at radius 3 is 1.17 bits per heavy atom. The van der Waals surface area contributed by atoms with E-state index in [0.717, 1.165) is 0 Å². The summed E-state index contributed by atoms with van der Waals surface area (Å²) in [5, 5.41) is 0. The number of hydrogen-bond donors (Lipinski definition) is 0. The second-order valence-electron chi connectivity index (χ2n) is 9.35. The van der Waals surface area contributed by atoms with Crippen LogP contribution in [0.25, 0.3) is 0 Å². The van der Waals surface area contributed by atoms with E-state index in [4.69, 9.17) is 0 Å². The molecular formula is C27H54N2. The van der Waals surface area contributed by atoms with E-state index in [2.05, 4.69) is 43.0 Å². The molecule has 0 radical (unpaired) electrons. The van der Waals surface area contributed by atoms with E-state index < -0.39 is 0 Å². The molecule has 172 valence electrons. The Hall–Kier alpha value is -0.660. The minimum Gasteiger partial charge on any atom is -0.356 e. The van der Waals surface area contributed by atoms with E-state index in [1.54, 1.807) is 0 Å². The molecule has 2 nitrogen and oxygen atoms in total. The van der Waals surface area contributed by atoms with Crippen LogP contribution in [-0.4, -0.2) is 29.1 Å². The molecule has 0 amide bonds. The summed E-state index contributed by atoms with van der Waals surface area (Å²) in [6.45, 7) is 9.44. The van der Waals surface area contributed by atoms with Gasteiger partial charge < -0.3 is 9.80 Å². The second-order valence-corrected chi connectivity index (χ2v) is 9.35. The van der Waals surface area contributed by atoms with Gasteiger partial charge in [0.2, 0.25) is 0 Å². The van der Waals surface area contributed by atoms with Crippen LogP contribution >= 0.6 is 0 Å². The SMILES string of the molecule is CCCCCCCCCCCCN1C=CN(CCCCCCCC)C1CCCC. The van der Waals surface area contributed by atoms with Gasteiger partial charge in [0.1, 0.15) is 6.17 Å². The maximum atomic E-state index is 2.65. The summed E-state index contributed by atoms with van der Waals surface area (Å²) in [6, 6.07) is 0. The molecule has 0 aromatic heterocycles. The lowest BCUT2D eigenvalue weighted by Gasteiger charge is -2.33. The maximum absolute atomic E-state index is 2.65. The van der Waals surface area contributed by atoms with Gasteiger partial charge in [-0.3, -0.25) is 0 Å². The predicted molar refractivity (Wildman–Crippen MR) is 131 cm³/mol.